The van der Waals surface area contributed by atoms with Crippen molar-refractivity contribution in [2.24, 2.45) is 0 Å². The molecule has 2 nitrogen and oxygen atoms in total. The zero-order valence-electron chi connectivity index (χ0n) is 24.1. The number of hydrogen-bond acceptors (Lipinski definition) is 2. The number of aromatic nitrogens is 2. The third-order valence-electron chi connectivity index (χ3n) is 8.41. The van der Waals surface area contributed by atoms with Gasteiger partial charge in [-0.15, -0.1) is 0 Å². The minimum absolute atomic E-state index is 0.892. The number of pyridine rings is 2. The summed E-state index contributed by atoms with van der Waals surface area (Å²) in [4.78, 5) is 9.88. The van der Waals surface area contributed by atoms with Crippen LogP contribution in [0.2, 0.25) is 0 Å². The largest absolute Gasteiger partial charge is 0.254 e. The monoisotopic (exact) mass is 846 g/mol. The molecule has 0 atom stereocenters. The van der Waals surface area contributed by atoms with Gasteiger partial charge in [-0.3, -0.25) is 9.97 Å². The molecule has 0 aliphatic heterocycles. The summed E-state index contributed by atoms with van der Waals surface area (Å²) >= 11 is 14.7. The van der Waals surface area contributed by atoms with E-state index in [9.17, 15) is 0 Å². The maximum atomic E-state index is 4.94. The Morgan fingerprint density at radius 2 is 0.609 bits per heavy atom. The van der Waals surface area contributed by atoms with Crippen molar-refractivity contribution in [1.82, 2.24) is 9.97 Å². The van der Waals surface area contributed by atoms with E-state index in [1.165, 1.54) is 0 Å². The Morgan fingerprint density at radius 1 is 0.326 bits per heavy atom. The van der Waals surface area contributed by atoms with Crippen molar-refractivity contribution < 1.29 is 0 Å². The predicted octanol–water partition coefficient (Wildman–Crippen LogP) is 13.7. The van der Waals surface area contributed by atoms with Gasteiger partial charge in [0.2, 0.25) is 0 Å². The molecule has 0 N–H and O–H groups in total. The van der Waals surface area contributed by atoms with Crippen LogP contribution >= 0.6 is 63.7 Å². The molecule has 0 fully saturated rings. The van der Waals surface area contributed by atoms with Gasteiger partial charge >= 0.3 is 0 Å². The Hall–Kier alpha value is -3.68. The molecule has 8 aromatic rings. The first-order chi connectivity index (χ1) is 22.5. The quantitative estimate of drug-likeness (QED) is 0.165. The van der Waals surface area contributed by atoms with E-state index in [1.807, 2.05) is 24.5 Å². The highest BCUT2D eigenvalue weighted by molar-refractivity contribution is 9.11. The van der Waals surface area contributed by atoms with Crippen LogP contribution in [-0.2, 0) is 0 Å². The predicted molar refractivity (Wildman–Crippen MR) is 207 cm³/mol. The molecule has 0 aliphatic rings. The number of benzene rings is 6. The first-order valence-corrected chi connectivity index (χ1v) is 17.8. The lowest BCUT2D eigenvalue weighted by Gasteiger charge is -2.26. The summed E-state index contributed by atoms with van der Waals surface area (Å²) < 4.78 is 4.14. The minimum atomic E-state index is 0.892. The van der Waals surface area contributed by atoms with Crippen LogP contribution in [0.5, 0.6) is 0 Å². The standard InChI is InChI=1S/C40H22Br4N2/c41-27-13-5-23(6-14-27)33-34(24-7-15-28(42)16-8-24)36(26-11-19-30(44)20-12-26)38-32-4-2-22-46-40(32)39-31(3-1-21-45-39)37(38)35(33)25-9-17-29(43)18-10-25/h1-22H. The highest BCUT2D eigenvalue weighted by Crippen LogP contribution is 2.54. The molecule has 0 unspecified atom stereocenters. The number of rotatable bonds is 4. The van der Waals surface area contributed by atoms with Gasteiger partial charge < -0.3 is 0 Å². The Kier molecular flexibility index (Phi) is 7.85. The molecule has 0 bridgehead atoms. The molecule has 0 spiro atoms. The molecule has 0 radical (unpaired) electrons. The maximum absolute atomic E-state index is 4.94. The first-order valence-electron chi connectivity index (χ1n) is 14.7. The molecule has 2 heterocycles. The van der Waals surface area contributed by atoms with Crippen LogP contribution in [0.25, 0.3) is 77.1 Å². The summed E-state index contributed by atoms with van der Waals surface area (Å²) in [6.45, 7) is 0. The zero-order chi connectivity index (χ0) is 31.4. The van der Waals surface area contributed by atoms with Crippen LogP contribution in [0.1, 0.15) is 0 Å². The highest BCUT2D eigenvalue weighted by Gasteiger charge is 2.27. The third-order valence-corrected chi connectivity index (χ3v) is 10.5. The molecule has 0 aliphatic carbocycles. The van der Waals surface area contributed by atoms with Gasteiger partial charge in [0.05, 0.1) is 11.0 Å². The van der Waals surface area contributed by atoms with Gasteiger partial charge in [-0.25, -0.2) is 0 Å². The summed E-state index contributed by atoms with van der Waals surface area (Å²) in [5.41, 5.74) is 10.9. The van der Waals surface area contributed by atoms with E-state index in [0.717, 1.165) is 95.0 Å². The number of hydrogen-bond donors (Lipinski definition) is 0. The van der Waals surface area contributed by atoms with E-state index >= 15 is 0 Å². The summed E-state index contributed by atoms with van der Waals surface area (Å²) in [5.74, 6) is 0. The Bertz CT molecular complexity index is 2250. The average molecular weight is 850 g/mol. The third kappa shape index (κ3) is 5.12. The van der Waals surface area contributed by atoms with Crippen LogP contribution in [0.15, 0.2) is 152 Å². The smallest absolute Gasteiger partial charge is 0.0971 e. The van der Waals surface area contributed by atoms with E-state index in [1.54, 1.807) is 0 Å². The highest BCUT2D eigenvalue weighted by atomic mass is 79.9. The molecule has 0 amide bonds. The van der Waals surface area contributed by atoms with Crippen LogP contribution < -0.4 is 0 Å². The second-order valence-corrected chi connectivity index (χ2v) is 14.7. The SMILES string of the molecule is Brc1ccc(-c2c(-c3ccc(Br)cc3)c(-c3ccc(Br)cc3)c3c4cccnc4c4ncccc4c3c2-c2ccc(Br)cc2)cc1. The molecular weight excluding hydrogens is 828 g/mol. The van der Waals surface area contributed by atoms with Gasteiger partial charge in [-0.05, 0) is 105 Å². The van der Waals surface area contributed by atoms with Gasteiger partial charge in [-0.2, -0.15) is 0 Å². The van der Waals surface area contributed by atoms with Gasteiger partial charge in [0.15, 0.2) is 0 Å². The van der Waals surface area contributed by atoms with Gasteiger partial charge in [0.25, 0.3) is 0 Å². The zero-order valence-corrected chi connectivity index (χ0v) is 30.5. The van der Waals surface area contributed by atoms with Gasteiger partial charge in [-0.1, -0.05) is 124 Å². The van der Waals surface area contributed by atoms with E-state index < -0.39 is 0 Å². The van der Waals surface area contributed by atoms with E-state index in [0.29, 0.717) is 0 Å². The lowest BCUT2D eigenvalue weighted by Crippen LogP contribution is -2.00. The first kappa shape index (κ1) is 29.7. The average Bonchev–Trinajstić information content (AvgIpc) is 3.09. The number of nitrogens with zero attached hydrogens (tertiary/aromatic N) is 2. The van der Waals surface area contributed by atoms with Crippen LogP contribution in [-0.4, -0.2) is 9.97 Å². The number of fused-ring (bicyclic) bond motifs is 6. The van der Waals surface area contributed by atoms with Crippen molar-refractivity contribution in [2.45, 2.75) is 0 Å². The van der Waals surface area contributed by atoms with Crippen molar-refractivity contribution >= 4 is 96.3 Å². The Balaban J connectivity index is 1.75. The van der Waals surface area contributed by atoms with Crippen LogP contribution in [0.4, 0.5) is 0 Å². The summed E-state index contributed by atoms with van der Waals surface area (Å²) in [6.07, 6.45) is 3.73. The second kappa shape index (κ2) is 12.2. The summed E-state index contributed by atoms with van der Waals surface area (Å²) in [7, 11) is 0. The molecule has 220 valence electrons. The fourth-order valence-electron chi connectivity index (χ4n) is 6.50. The van der Waals surface area contributed by atoms with Crippen molar-refractivity contribution in [3.63, 3.8) is 0 Å². The molecule has 46 heavy (non-hydrogen) atoms. The molecule has 0 saturated carbocycles. The van der Waals surface area contributed by atoms with Gasteiger partial charge in [0.1, 0.15) is 0 Å². The summed E-state index contributed by atoms with van der Waals surface area (Å²) in [5, 5.41) is 4.45. The molecule has 0 saturated heterocycles. The molecule has 8 rings (SSSR count). The topological polar surface area (TPSA) is 25.8 Å². The lowest BCUT2D eigenvalue weighted by atomic mass is 9.77. The van der Waals surface area contributed by atoms with Crippen molar-refractivity contribution in [1.29, 1.82) is 0 Å². The Morgan fingerprint density at radius 3 is 0.913 bits per heavy atom. The fourth-order valence-corrected chi connectivity index (χ4v) is 7.56. The molecule has 6 aromatic carbocycles. The Labute approximate surface area is 300 Å². The second-order valence-electron chi connectivity index (χ2n) is 11.1. The van der Waals surface area contributed by atoms with Crippen LogP contribution in [0, 0.1) is 0 Å². The maximum Gasteiger partial charge on any atom is 0.0971 e. The molecule has 2 aromatic heterocycles. The normalized spacial score (nSPS) is 11.5. The van der Waals surface area contributed by atoms with Gasteiger partial charge in [0, 0.05) is 51.8 Å². The van der Waals surface area contributed by atoms with Crippen molar-refractivity contribution in [3.05, 3.63) is 152 Å². The number of halogens is 4. The lowest BCUT2D eigenvalue weighted by molar-refractivity contribution is 1.38. The van der Waals surface area contributed by atoms with Crippen molar-refractivity contribution in [2.75, 3.05) is 0 Å². The summed E-state index contributed by atoms with van der Waals surface area (Å²) in [6, 6.07) is 43.1. The molecular formula is C40H22Br4N2. The fraction of sp³-hybridized carbons (Fsp3) is 0. The van der Waals surface area contributed by atoms with Crippen molar-refractivity contribution in [3.8, 4) is 44.5 Å². The van der Waals surface area contributed by atoms with Crippen LogP contribution in [0.3, 0.4) is 0 Å². The van der Waals surface area contributed by atoms with E-state index in [-0.39, 0.29) is 0 Å². The van der Waals surface area contributed by atoms with E-state index in [4.69, 9.17) is 9.97 Å². The van der Waals surface area contributed by atoms with E-state index in [2.05, 4.69) is 173 Å². The molecule has 6 heteroatoms. The minimum Gasteiger partial charge on any atom is -0.254 e.